The zero-order valence-corrected chi connectivity index (χ0v) is 9.46. The van der Waals surface area contributed by atoms with E-state index < -0.39 is 7.12 Å². The largest absolute Gasteiger partial charge is 0.788 e. The summed E-state index contributed by atoms with van der Waals surface area (Å²) in [6.07, 6.45) is 0.868. The third-order valence-electron chi connectivity index (χ3n) is 2.01. The van der Waals surface area contributed by atoms with E-state index in [1.807, 2.05) is 13.0 Å². The molecule has 2 N–H and O–H groups in total. The maximum atomic E-state index is 9.17. The van der Waals surface area contributed by atoms with Crippen LogP contribution in [0.25, 0.3) is 0 Å². The molecule has 0 unspecified atom stereocenters. The van der Waals surface area contributed by atoms with Crippen LogP contribution in [0.4, 0.5) is 0 Å². The van der Waals surface area contributed by atoms with Crippen molar-refractivity contribution in [3.63, 3.8) is 0 Å². The zero-order valence-electron chi connectivity index (χ0n) is 8.64. The molecule has 0 atom stereocenters. The fourth-order valence-corrected chi connectivity index (χ4v) is 1.53. The smallest absolute Gasteiger partial charge is 0.492 e. The molecule has 0 heterocycles. The predicted octanol–water partition coefficient (Wildman–Crippen LogP) is 0.202. The summed E-state index contributed by atoms with van der Waals surface area (Å²) in [5.74, 6) is 0.920. The average Bonchev–Trinajstić information content (AvgIpc) is 2.25. The molecule has 0 spiro atoms. The minimum absolute atomic E-state index is 0.380. The van der Waals surface area contributed by atoms with Crippen LogP contribution in [0.3, 0.4) is 0 Å². The van der Waals surface area contributed by atoms with Crippen molar-refractivity contribution in [3.05, 3.63) is 23.8 Å². The van der Waals surface area contributed by atoms with E-state index in [0.29, 0.717) is 23.6 Å². The summed E-state index contributed by atoms with van der Waals surface area (Å²) in [4.78, 5) is 0. The normalized spacial score (nSPS) is 10.1. The van der Waals surface area contributed by atoms with Gasteiger partial charge < -0.3 is 27.4 Å². The van der Waals surface area contributed by atoms with Gasteiger partial charge in [-0.2, -0.15) is 0 Å². The number of ether oxygens (including phenoxy) is 1. The van der Waals surface area contributed by atoms with Crippen LogP contribution >= 0.6 is 0 Å². The lowest BCUT2D eigenvalue weighted by molar-refractivity contribution is 0.315. The first-order valence-corrected chi connectivity index (χ1v) is 5.47. The van der Waals surface area contributed by atoms with Gasteiger partial charge in [-0.3, -0.25) is 0 Å². The van der Waals surface area contributed by atoms with Crippen LogP contribution in [0.5, 0.6) is 5.75 Å². The van der Waals surface area contributed by atoms with E-state index >= 15 is 0 Å². The highest BCUT2D eigenvalue weighted by atomic mass is 32.1. The number of hydrogen-bond acceptors (Lipinski definition) is 4. The van der Waals surface area contributed by atoms with Gasteiger partial charge in [0, 0.05) is 5.46 Å². The lowest BCUT2D eigenvalue weighted by atomic mass is 9.78. The Labute approximate surface area is 95.6 Å². The topological polar surface area (TPSA) is 49.7 Å². The van der Waals surface area contributed by atoms with E-state index in [1.165, 1.54) is 0 Å². The van der Waals surface area contributed by atoms with Crippen LogP contribution < -0.4 is 10.2 Å². The van der Waals surface area contributed by atoms with Gasteiger partial charge in [-0.05, 0) is 12.0 Å². The number of rotatable bonds is 5. The van der Waals surface area contributed by atoms with Crippen LogP contribution in [0.1, 0.15) is 18.9 Å². The molecule has 0 radical (unpaired) electrons. The van der Waals surface area contributed by atoms with Crippen molar-refractivity contribution in [2.45, 2.75) is 19.1 Å². The molecule has 0 aromatic heterocycles. The Hall–Kier alpha value is -0.645. The minimum Gasteiger partial charge on any atom is -0.788 e. The van der Waals surface area contributed by atoms with Crippen LogP contribution in [0.15, 0.2) is 18.2 Å². The molecule has 1 aromatic rings. The van der Waals surface area contributed by atoms with Crippen molar-refractivity contribution < 1.29 is 14.8 Å². The molecule has 0 saturated heterocycles. The highest BCUT2D eigenvalue weighted by Gasteiger charge is 2.18. The summed E-state index contributed by atoms with van der Waals surface area (Å²) >= 11 is 4.96. The molecule has 0 aliphatic carbocycles. The van der Waals surface area contributed by atoms with Crippen molar-refractivity contribution in [2.24, 2.45) is 0 Å². The first-order valence-electron chi connectivity index (χ1n) is 4.89. The number of hydrogen-bond donors (Lipinski definition) is 2. The molecule has 0 fully saturated rings. The van der Waals surface area contributed by atoms with Crippen molar-refractivity contribution >= 4 is 25.2 Å². The van der Waals surface area contributed by atoms with Gasteiger partial charge in [0.15, 0.2) is 0 Å². The van der Waals surface area contributed by atoms with Crippen molar-refractivity contribution in [1.82, 2.24) is 0 Å². The molecular formula is C10H14BO3S-. The second kappa shape index (κ2) is 6.05. The number of benzene rings is 1. The highest BCUT2D eigenvalue weighted by molar-refractivity contribution is 7.57. The molecule has 0 bridgehead atoms. The average molecular weight is 225 g/mol. The lowest BCUT2D eigenvalue weighted by Crippen LogP contribution is -2.32. The summed E-state index contributed by atoms with van der Waals surface area (Å²) < 4.78 is 5.48. The standard InChI is InChI=1S/C10H15BO3S/c1-2-6-14-10-8(7-15)4-3-5-9(10)11(12)13/h3-5,12-13,15H,2,6-7H2,1H3/p-1. The highest BCUT2D eigenvalue weighted by Crippen LogP contribution is 2.16. The van der Waals surface area contributed by atoms with E-state index in [2.05, 4.69) is 0 Å². The van der Waals surface area contributed by atoms with Gasteiger partial charge in [0.25, 0.3) is 0 Å². The van der Waals surface area contributed by atoms with E-state index in [-0.39, 0.29) is 0 Å². The Morgan fingerprint density at radius 2 is 2.13 bits per heavy atom. The quantitative estimate of drug-likeness (QED) is 0.555. The fraction of sp³-hybridized carbons (Fsp3) is 0.400. The SMILES string of the molecule is CCCOc1c(C[S-])cccc1B(O)O. The second-order valence-corrected chi connectivity index (χ2v) is 3.49. The molecule has 1 rings (SSSR count). The van der Waals surface area contributed by atoms with Crippen LogP contribution in [0, 0.1) is 0 Å². The van der Waals surface area contributed by atoms with Gasteiger partial charge in [-0.25, -0.2) is 0 Å². The second-order valence-electron chi connectivity index (χ2n) is 3.20. The zero-order chi connectivity index (χ0) is 11.3. The van der Waals surface area contributed by atoms with Gasteiger partial charge in [0.05, 0.1) is 6.61 Å². The van der Waals surface area contributed by atoms with Crippen LogP contribution in [-0.2, 0) is 18.4 Å². The molecule has 3 nitrogen and oxygen atoms in total. The van der Waals surface area contributed by atoms with Crippen LogP contribution in [0.2, 0.25) is 0 Å². The van der Waals surface area contributed by atoms with E-state index in [9.17, 15) is 0 Å². The molecule has 0 aliphatic heterocycles. The molecular weight excluding hydrogens is 211 g/mol. The number of para-hydroxylation sites is 1. The summed E-state index contributed by atoms with van der Waals surface area (Å²) in [6.45, 7) is 2.54. The van der Waals surface area contributed by atoms with E-state index in [1.54, 1.807) is 12.1 Å². The molecule has 0 amide bonds. The minimum atomic E-state index is -1.52. The van der Waals surface area contributed by atoms with Gasteiger partial charge in [0.1, 0.15) is 5.75 Å². The van der Waals surface area contributed by atoms with Crippen molar-refractivity contribution in [1.29, 1.82) is 0 Å². The third-order valence-corrected chi connectivity index (χ3v) is 2.32. The Kier molecular flexibility index (Phi) is 5.01. The summed E-state index contributed by atoms with van der Waals surface area (Å²) in [6, 6.07) is 5.21. The molecule has 15 heavy (non-hydrogen) atoms. The summed E-state index contributed by atoms with van der Waals surface area (Å²) in [7, 11) is -1.52. The Bertz CT molecular complexity index is 318. The van der Waals surface area contributed by atoms with Gasteiger partial charge in [-0.1, -0.05) is 25.1 Å². The monoisotopic (exact) mass is 225 g/mol. The maximum Gasteiger partial charge on any atom is 0.492 e. The first-order chi connectivity index (χ1) is 7.20. The summed E-state index contributed by atoms with van der Waals surface area (Å²) in [5, 5.41) is 18.3. The molecule has 5 heteroatoms. The Morgan fingerprint density at radius 1 is 1.40 bits per heavy atom. The molecule has 1 aromatic carbocycles. The maximum absolute atomic E-state index is 9.17. The first kappa shape index (κ1) is 12.4. The van der Waals surface area contributed by atoms with Crippen molar-refractivity contribution in [2.75, 3.05) is 6.61 Å². The predicted molar refractivity (Wildman–Crippen MR) is 63.1 cm³/mol. The van der Waals surface area contributed by atoms with Gasteiger partial charge >= 0.3 is 7.12 Å². The Morgan fingerprint density at radius 3 is 2.67 bits per heavy atom. The van der Waals surface area contributed by atoms with Crippen molar-refractivity contribution in [3.8, 4) is 5.75 Å². The lowest BCUT2D eigenvalue weighted by Gasteiger charge is -2.16. The summed E-state index contributed by atoms with van der Waals surface area (Å²) in [5.41, 5.74) is 1.20. The third kappa shape index (κ3) is 3.16. The molecule has 0 saturated carbocycles. The van der Waals surface area contributed by atoms with Crippen LogP contribution in [-0.4, -0.2) is 23.8 Å². The van der Waals surface area contributed by atoms with E-state index in [4.69, 9.17) is 27.4 Å². The fourth-order valence-electron chi connectivity index (χ4n) is 1.30. The molecule has 82 valence electrons. The Balaban J connectivity index is 3.03. The molecule has 0 aliphatic rings. The van der Waals surface area contributed by atoms with Gasteiger partial charge in [0.2, 0.25) is 0 Å². The van der Waals surface area contributed by atoms with Gasteiger partial charge in [-0.15, -0.1) is 5.75 Å². The van der Waals surface area contributed by atoms with E-state index in [0.717, 1.165) is 12.0 Å².